The van der Waals surface area contributed by atoms with Crippen LogP contribution in [0.15, 0.2) is 12.1 Å². The van der Waals surface area contributed by atoms with Crippen LogP contribution in [0.4, 0.5) is 13.2 Å². The molecule has 0 heterocycles. The molecular weight excluding hydrogens is 263 g/mol. The fraction of sp³-hybridized carbons (Fsp3) is 0.333. The van der Waals surface area contributed by atoms with Crippen LogP contribution < -0.4 is 4.74 Å². The Morgan fingerprint density at radius 1 is 1.42 bits per heavy atom. The summed E-state index contributed by atoms with van der Waals surface area (Å²) in [6.07, 6.45) is -4.55. The molecule has 0 aliphatic heterocycles. The maximum Gasteiger partial charge on any atom is 0.573 e. The summed E-state index contributed by atoms with van der Waals surface area (Å²) in [7, 11) is 1.03. The lowest BCUT2D eigenvalue weighted by Gasteiger charge is -2.14. The summed E-state index contributed by atoms with van der Waals surface area (Å²) < 4.78 is 45.1. The van der Waals surface area contributed by atoms with Crippen molar-refractivity contribution in [3.63, 3.8) is 0 Å². The fourth-order valence-electron chi connectivity index (χ4n) is 1.46. The third kappa shape index (κ3) is 3.61. The van der Waals surface area contributed by atoms with Gasteiger partial charge in [0.25, 0.3) is 0 Å². The highest BCUT2D eigenvalue weighted by molar-refractivity contribution is 5.93. The summed E-state index contributed by atoms with van der Waals surface area (Å²) in [5, 5.41) is 8.86. The molecule has 1 aromatic rings. The van der Waals surface area contributed by atoms with E-state index in [0.717, 1.165) is 7.11 Å². The smallest absolute Gasteiger partial charge is 0.465 e. The Balaban J connectivity index is 3.47. The van der Waals surface area contributed by atoms with E-state index in [9.17, 15) is 18.0 Å². The van der Waals surface area contributed by atoms with Crippen LogP contribution in [0.3, 0.4) is 0 Å². The zero-order valence-corrected chi connectivity index (χ0v) is 10.2. The van der Waals surface area contributed by atoms with E-state index >= 15 is 0 Å². The van der Waals surface area contributed by atoms with Gasteiger partial charge in [-0.15, -0.1) is 13.2 Å². The fourth-order valence-corrected chi connectivity index (χ4v) is 1.46. The van der Waals surface area contributed by atoms with Crippen molar-refractivity contribution in [3.8, 4) is 11.8 Å². The number of carbonyl (C=O) groups is 1. The van der Waals surface area contributed by atoms with Gasteiger partial charge in [-0.1, -0.05) is 6.92 Å². The van der Waals surface area contributed by atoms with E-state index in [0.29, 0.717) is 12.0 Å². The number of benzene rings is 1. The Bertz CT molecular complexity index is 532. The van der Waals surface area contributed by atoms with E-state index in [1.54, 1.807) is 13.0 Å². The molecule has 0 amide bonds. The molecule has 1 aromatic carbocycles. The van der Waals surface area contributed by atoms with Crippen molar-refractivity contribution < 1.29 is 27.4 Å². The molecule has 0 bridgehead atoms. The number of nitrogens with zero attached hydrogens (tertiary/aromatic N) is 1. The molecule has 0 radical (unpaired) electrons. The van der Waals surface area contributed by atoms with Crippen LogP contribution in [0.25, 0.3) is 0 Å². The Hall–Kier alpha value is -2.23. The standard InChI is InChI=1S/C12H10F3NO3/c1-3-7-4-8(6-16)10(19-12(13,14)15)9(5-7)11(17)18-2/h4-5H,3H2,1-2H3. The summed E-state index contributed by atoms with van der Waals surface area (Å²) in [4.78, 5) is 11.5. The summed E-state index contributed by atoms with van der Waals surface area (Å²) in [5.41, 5.74) is -0.251. The maximum atomic E-state index is 12.3. The minimum absolute atomic E-state index is 0.364. The molecule has 0 saturated heterocycles. The highest BCUT2D eigenvalue weighted by atomic mass is 19.4. The summed E-state index contributed by atoms with van der Waals surface area (Å²) in [5.74, 6) is -1.83. The van der Waals surface area contributed by atoms with E-state index in [1.165, 1.54) is 12.1 Å². The molecule has 4 nitrogen and oxygen atoms in total. The van der Waals surface area contributed by atoms with E-state index in [-0.39, 0.29) is 5.56 Å². The number of hydrogen-bond acceptors (Lipinski definition) is 4. The number of alkyl halides is 3. The number of halogens is 3. The van der Waals surface area contributed by atoms with E-state index < -0.39 is 23.6 Å². The molecule has 102 valence electrons. The quantitative estimate of drug-likeness (QED) is 0.794. The zero-order chi connectivity index (χ0) is 14.6. The van der Waals surface area contributed by atoms with E-state index in [4.69, 9.17) is 5.26 Å². The molecule has 0 unspecified atom stereocenters. The molecule has 0 spiro atoms. The second kappa shape index (κ2) is 5.61. The largest absolute Gasteiger partial charge is 0.573 e. The van der Waals surface area contributed by atoms with Gasteiger partial charge in [-0.25, -0.2) is 4.79 Å². The number of methoxy groups -OCH3 is 1. The number of carbonyl (C=O) groups excluding carboxylic acids is 1. The predicted molar refractivity (Wildman–Crippen MR) is 58.6 cm³/mol. The molecule has 0 aliphatic carbocycles. The third-order valence-corrected chi connectivity index (χ3v) is 2.30. The normalized spacial score (nSPS) is 10.7. The van der Waals surface area contributed by atoms with Crippen molar-refractivity contribution in [1.29, 1.82) is 5.26 Å². The van der Waals surface area contributed by atoms with E-state index in [2.05, 4.69) is 9.47 Å². The first kappa shape index (κ1) is 14.8. The number of aryl methyl sites for hydroxylation is 1. The second-order valence-corrected chi connectivity index (χ2v) is 3.52. The average Bonchev–Trinajstić information content (AvgIpc) is 2.36. The lowest BCUT2D eigenvalue weighted by Crippen LogP contribution is -2.20. The molecule has 1 rings (SSSR count). The van der Waals surface area contributed by atoms with Crippen molar-refractivity contribution in [2.45, 2.75) is 19.7 Å². The van der Waals surface area contributed by atoms with Gasteiger partial charge in [0.2, 0.25) is 0 Å². The second-order valence-electron chi connectivity index (χ2n) is 3.52. The van der Waals surface area contributed by atoms with Crippen molar-refractivity contribution in [3.05, 3.63) is 28.8 Å². The summed E-state index contributed by atoms with van der Waals surface area (Å²) >= 11 is 0. The number of hydrogen-bond donors (Lipinski definition) is 0. The van der Waals surface area contributed by atoms with Crippen LogP contribution in [0.5, 0.6) is 5.75 Å². The van der Waals surface area contributed by atoms with E-state index in [1.807, 2.05) is 0 Å². The molecule has 19 heavy (non-hydrogen) atoms. The summed E-state index contributed by atoms with van der Waals surface area (Å²) in [6, 6.07) is 4.04. The minimum Gasteiger partial charge on any atom is -0.465 e. The first-order valence-electron chi connectivity index (χ1n) is 5.23. The number of nitriles is 1. The Morgan fingerprint density at radius 2 is 2.05 bits per heavy atom. The molecule has 0 saturated carbocycles. The van der Waals surface area contributed by atoms with Gasteiger partial charge < -0.3 is 9.47 Å². The molecule has 0 N–H and O–H groups in total. The Kier molecular flexibility index (Phi) is 4.38. The van der Waals surface area contributed by atoms with Crippen molar-refractivity contribution in [2.24, 2.45) is 0 Å². The molecule has 0 aromatic heterocycles. The highest BCUT2D eigenvalue weighted by Crippen LogP contribution is 2.31. The number of rotatable bonds is 3. The van der Waals surface area contributed by atoms with Crippen molar-refractivity contribution in [2.75, 3.05) is 7.11 Å². The lowest BCUT2D eigenvalue weighted by molar-refractivity contribution is -0.274. The number of esters is 1. The lowest BCUT2D eigenvalue weighted by atomic mass is 10.0. The summed E-state index contributed by atoms with van der Waals surface area (Å²) in [6.45, 7) is 1.74. The van der Waals surface area contributed by atoms with Crippen molar-refractivity contribution >= 4 is 5.97 Å². The van der Waals surface area contributed by atoms with Gasteiger partial charge in [-0.2, -0.15) is 5.26 Å². The van der Waals surface area contributed by atoms with Gasteiger partial charge in [-0.05, 0) is 24.1 Å². The minimum atomic E-state index is -5.00. The van der Waals surface area contributed by atoms with Gasteiger partial charge in [0.05, 0.1) is 12.7 Å². The topological polar surface area (TPSA) is 59.3 Å². The highest BCUT2D eigenvalue weighted by Gasteiger charge is 2.34. The predicted octanol–water partition coefficient (Wildman–Crippen LogP) is 2.81. The van der Waals surface area contributed by atoms with Gasteiger partial charge in [0.15, 0.2) is 5.75 Å². The van der Waals surface area contributed by atoms with Crippen LogP contribution in [-0.4, -0.2) is 19.4 Å². The first-order chi connectivity index (χ1) is 8.82. The van der Waals surface area contributed by atoms with Crippen LogP contribution in [0.1, 0.15) is 28.4 Å². The van der Waals surface area contributed by atoms with Gasteiger partial charge in [0, 0.05) is 0 Å². The number of ether oxygens (including phenoxy) is 2. The monoisotopic (exact) mass is 273 g/mol. The molecule has 0 aliphatic rings. The molecule has 0 atom stereocenters. The molecule has 7 heteroatoms. The Morgan fingerprint density at radius 3 is 2.47 bits per heavy atom. The van der Waals surface area contributed by atoms with Crippen LogP contribution in [-0.2, 0) is 11.2 Å². The van der Waals surface area contributed by atoms with Crippen LogP contribution in [0, 0.1) is 11.3 Å². The van der Waals surface area contributed by atoms with Crippen LogP contribution >= 0.6 is 0 Å². The maximum absolute atomic E-state index is 12.3. The third-order valence-electron chi connectivity index (χ3n) is 2.30. The molecule has 0 fully saturated rings. The average molecular weight is 273 g/mol. The molecular formula is C12H10F3NO3. The zero-order valence-electron chi connectivity index (χ0n) is 10.2. The SMILES string of the molecule is CCc1cc(C#N)c(OC(F)(F)F)c(C(=O)OC)c1. The van der Waals surface area contributed by atoms with Gasteiger partial charge in [0.1, 0.15) is 11.6 Å². The first-order valence-corrected chi connectivity index (χ1v) is 5.23. The van der Waals surface area contributed by atoms with Gasteiger partial charge in [-0.3, -0.25) is 0 Å². The van der Waals surface area contributed by atoms with Gasteiger partial charge >= 0.3 is 12.3 Å². The van der Waals surface area contributed by atoms with Crippen LogP contribution in [0.2, 0.25) is 0 Å². The Labute approximate surface area is 107 Å². The van der Waals surface area contributed by atoms with Crippen molar-refractivity contribution in [1.82, 2.24) is 0 Å².